The van der Waals surface area contributed by atoms with E-state index in [0.29, 0.717) is 11.7 Å². The van der Waals surface area contributed by atoms with Gasteiger partial charge in [0.2, 0.25) is 10.0 Å². The number of morpholine rings is 1. The molecule has 1 aliphatic rings. The molecule has 0 spiro atoms. The molecule has 0 bridgehead atoms. The topological polar surface area (TPSA) is 72.9 Å². The van der Waals surface area contributed by atoms with Crippen LogP contribution in [-0.4, -0.2) is 45.0 Å². The van der Waals surface area contributed by atoms with Crippen molar-refractivity contribution in [1.29, 1.82) is 0 Å². The van der Waals surface area contributed by atoms with E-state index in [0.717, 1.165) is 28.4 Å². The van der Waals surface area contributed by atoms with Gasteiger partial charge in [0, 0.05) is 13.1 Å². The van der Waals surface area contributed by atoms with Crippen LogP contribution in [0.15, 0.2) is 47.4 Å². The molecule has 2 aromatic carbocycles. The molecule has 1 heterocycles. The fourth-order valence-electron chi connectivity index (χ4n) is 3.02. The zero-order valence-electron chi connectivity index (χ0n) is 16.4. The fraction of sp³-hybridized carbons (Fsp3) is 0.381. The Morgan fingerprint density at radius 3 is 2.45 bits per heavy atom. The van der Waals surface area contributed by atoms with Crippen molar-refractivity contribution in [1.82, 2.24) is 4.31 Å². The zero-order valence-corrected chi connectivity index (χ0v) is 17.2. The highest BCUT2D eigenvalue weighted by Gasteiger charge is 2.30. The Morgan fingerprint density at radius 2 is 1.83 bits per heavy atom. The van der Waals surface area contributed by atoms with Crippen LogP contribution in [0.2, 0.25) is 0 Å². The molecular weight excluding hydrogens is 397 g/mol. The third-order valence-electron chi connectivity index (χ3n) is 5.03. The number of sulfonamides is 1. The lowest BCUT2D eigenvalue weighted by atomic mass is 9.99. The van der Waals surface area contributed by atoms with Gasteiger partial charge in [-0.05, 0) is 48.2 Å². The van der Waals surface area contributed by atoms with Crippen molar-refractivity contribution < 1.29 is 27.1 Å². The average molecular weight is 421 g/mol. The largest absolute Gasteiger partial charge is 0.423 e. The first-order valence-corrected chi connectivity index (χ1v) is 11.0. The monoisotopic (exact) mass is 421 g/mol. The molecule has 1 saturated heterocycles. The lowest BCUT2D eigenvalue weighted by Gasteiger charge is -2.26. The van der Waals surface area contributed by atoms with Gasteiger partial charge in [-0.25, -0.2) is 17.6 Å². The molecule has 0 N–H and O–H groups in total. The smallest absolute Gasteiger partial charge is 0.343 e. The van der Waals surface area contributed by atoms with Crippen molar-refractivity contribution in [2.24, 2.45) is 0 Å². The maximum Gasteiger partial charge on any atom is 0.343 e. The molecule has 0 radical (unpaired) electrons. The molecule has 0 aliphatic carbocycles. The lowest BCUT2D eigenvalue weighted by molar-refractivity contribution is 0.0726. The van der Waals surface area contributed by atoms with E-state index in [4.69, 9.17) is 9.47 Å². The summed E-state index contributed by atoms with van der Waals surface area (Å²) in [5.41, 5.74) is 1.09. The number of rotatable bonds is 6. The summed E-state index contributed by atoms with van der Waals surface area (Å²) in [5, 5.41) is 0. The molecule has 2 aromatic rings. The van der Waals surface area contributed by atoms with Crippen molar-refractivity contribution in [3.8, 4) is 5.75 Å². The normalized spacial score (nSPS) is 16.4. The second-order valence-electron chi connectivity index (χ2n) is 6.93. The fourth-order valence-corrected chi connectivity index (χ4v) is 4.52. The van der Waals surface area contributed by atoms with Crippen molar-refractivity contribution in [3.05, 3.63) is 59.4 Å². The molecule has 156 valence electrons. The molecule has 0 aromatic heterocycles. The first-order valence-electron chi connectivity index (χ1n) is 9.52. The van der Waals surface area contributed by atoms with Crippen LogP contribution in [0.1, 0.15) is 42.1 Å². The number of carbonyl (C=O) groups excluding carboxylic acids is 1. The predicted octanol–water partition coefficient (Wildman–Crippen LogP) is 3.58. The number of carbonyl (C=O) groups is 1. The van der Waals surface area contributed by atoms with E-state index in [-0.39, 0.29) is 31.9 Å². The lowest BCUT2D eigenvalue weighted by Crippen LogP contribution is -2.41. The maximum absolute atomic E-state index is 14.3. The highest BCUT2D eigenvalue weighted by molar-refractivity contribution is 7.89. The molecule has 8 heteroatoms. The summed E-state index contributed by atoms with van der Waals surface area (Å²) in [6, 6.07) is 10.4. The summed E-state index contributed by atoms with van der Waals surface area (Å²) < 4.78 is 51.4. The second kappa shape index (κ2) is 9.02. The standard InChI is InChI=1S/C21H24FNO5S/c1-3-15(2)16-4-7-18(8-5-16)28-21(24)17-6-9-19(22)20(14-17)29(25,26)23-10-12-27-13-11-23/h4-9,14-15H,3,10-13H2,1-2H3/t15-/m1/s1. The molecule has 0 unspecified atom stereocenters. The summed E-state index contributed by atoms with van der Waals surface area (Å²) in [5.74, 6) is -0.931. The van der Waals surface area contributed by atoms with Crippen LogP contribution in [0.5, 0.6) is 5.75 Å². The van der Waals surface area contributed by atoms with Gasteiger partial charge in [-0.15, -0.1) is 0 Å². The van der Waals surface area contributed by atoms with Crippen LogP contribution < -0.4 is 4.74 Å². The number of hydrogen-bond donors (Lipinski definition) is 0. The van der Waals surface area contributed by atoms with Crippen LogP contribution >= 0.6 is 0 Å². The van der Waals surface area contributed by atoms with Gasteiger partial charge in [-0.1, -0.05) is 26.0 Å². The van der Waals surface area contributed by atoms with Crippen LogP contribution in [0.3, 0.4) is 0 Å². The Balaban J connectivity index is 1.80. The summed E-state index contributed by atoms with van der Waals surface area (Å²) in [7, 11) is -4.07. The van der Waals surface area contributed by atoms with Crippen molar-refractivity contribution in [2.45, 2.75) is 31.1 Å². The van der Waals surface area contributed by atoms with E-state index >= 15 is 0 Å². The minimum Gasteiger partial charge on any atom is -0.423 e. The van der Waals surface area contributed by atoms with Crippen molar-refractivity contribution >= 4 is 16.0 Å². The van der Waals surface area contributed by atoms with Crippen molar-refractivity contribution in [2.75, 3.05) is 26.3 Å². The van der Waals surface area contributed by atoms with Gasteiger partial charge in [-0.2, -0.15) is 4.31 Å². The molecule has 0 amide bonds. The third-order valence-corrected chi connectivity index (χ3v) is 6.94. The Kier molecular flexibility index (Phi) is 6.66. The number of hydrogen-bond acceptors (Lipinski definition) is 5. The van der Waals surface area contributed by atoms with Gasteiger partial charge >= 0.3 is 5.97 Å². The van der Waals surface area contributed by atoms with Crippen LogP contribution in [0.25, 0.3) is 0 Å². The summed E-state index contributed by atoms with van der Waals surface area (Å²) >= 11 is 0. The van der Waals surface area contributed by atoms with Gasteiger partial charge in [0.25, 0.3) is 0 Å². The number of nitrogens with zero attached hydrogens (tertiary/aromatic N) is 1. The quantitative estimate of drug-likeness (QED) is 0.527. The number of esters is 1. The first-order chi connectivity index (χ1) is 13.8. The van der Waals surface area contributed by atoms with Crippen LogP contribution in [0.4, 0.5) is 4.39 Å². The molecule has 1 aliphatic heterocycles. The average Bonchev–Trinajstić information content (AvgIpc) is 2.74. The van der Waals surface area contributed by atoms with Gasteiger partial charge in [0.1, 0.15) is 16.5 Å². The number of ether oxygens (including phenoxy) is 2. The van der Waals surface area contributed by atoms with Crippen LogP contribution in [-0.2, 0) is 14.8 Å². The van der Waals surface area contributed by atoms with E-state index in [9.17, 15) is 17.6 Å². The first kappa shape index (κ1) is 21.4. The van der Waals surface area contributed by atoms with Gasteiger partial charge in [-0.3, -0.25) is 0 Å². The van der Waals surface area contributed by atoms with E-state index < -0.39 is 26.7 Å². The highest BCUT2D eigenvalue weighted by atomic mass is 32.2. The molecule has 6 nitrogen and oxygen atoms in total. The van der Waals surface area contributed by atoms with E-state index in [1.54, 1.807) is 12.1 Å². The number of benzene rings is 2. The minimum absolute atomic E-state index is 0.0377. The Labute approximate surface area is 170 Å². The van der Waals surface area contributed by atoms with Gasteiger partial charge in [0.05, 0.1) is 18.8 Å². The van der Waals surface area contributed by atoms with Gasteiger partial charge in [0.15, 0.2) is 0 Å². The zero-order chi connectivity index (χ0) is 21.0. The maximum atomic E-state index is 14.3. The SMILES string of the molecule is CC[C@@H](C)c1ccc(OC(=O)c2ccc(F)c(S(=O)(=O)N3CCOCC3)c2)cc1. The molecule has 3 rings (SSSR count). The molecule has 29 heavy (non-hydrogen) atoms. The van der Waals surface area contributed by atoms with E-state index in [2.05, 4.69) is 13.8 Å². The van der Waals surface area contributed by atoms with E-state index in [1.807, 2.05) is 12.1 Å². The summed E-state index contributed by atoms with van der Waals surface area (Å²) in [4.78, 5) is 11.9. The molecule has 1 atom stereocenters. The van der Waals surface area contributed by atoms with Gasteiger partial charge < -0.3 is 9.47 Å². The Bertz CT molecular complexity index is 969. The highest BCUT2D eigenvalue weighted by Crippen LogP contribution is 2.24. The summed E-state index contributed by atoms with van der Waals surface area (Å²) in [6.07, 6.45) is 0.995. The number of halogens is 1. The molecule has 0 saturated carbocycles. The predicted molar refractivity (Wildman–Crippen MR) is 106 cm³/mol. The molecule has 1 fully saturated rings. The Hall–Kier alpha value is -2.29. The Morgan fingerprint density at radius 1 is 1.17 bits per heavy atom. The van der Waals surface area contributed by atoms with Crippen LogP contribution in [0, 0.1) is 5.82 Å². The van der Waals surface area contributed by atoms with E-state index in [1.165, 1.54) is 6.07 Å². The molecular formula is C21H24FNO5S. The van der Waals surface area contributed by atoms with Crippen molar-refractivity contribution in [3.63, 3.8) is 0 Å². The minimum atomic E-state index is -4.07. The third kappa shape index (κ3) is 4.83. The summed E-state index contributed by atoms with van der Waals surface area (Å²) in [6.45, 7) is 4.97. The second-order valence-corrected chi connectivity index (χ2v) is 8.84.